The van der Waals surface area contributed by atoms with E-state index in [1.54, 1.807) is 29.1 Å². The highest BCUT2D eigenvalue weighted by Gasteiger charge is 2.31. The zero-order chi connectivity index (χ0) is 21.3. The summed E-state index contributed by atoms with van der Waals surface area (Å²) in [7, 11) is -3.58. The number of halogens is 1. The van der Waals surface area contributed by atoms with Gasteiger partial charge in [-0.2, -0.15) is 4.31 Å². The van der Waals surface area contributed by atoms with Gasteiger partial charge in [-0.3, -0.25) is 10.1 Å². The molecule has 4 rings (SSSR count). The quantitative estimate of drug-likeness (QED) is 0.582. The molecule has 0 radical (unpaired) electrons. The minimum Gasteiger partial charge on any atom is -0.296 e. The molecule has 1 N–H and O–H groups in total. The summed E-state index contributed by atoms with van der Waals surface area (Å²) in [5.74, 6) is -0.159. The number of anilines is 1. The number of hydrogen-bond donors (Lipinski definition) is 1. The van der Waals surface area contributed by atoms with Crippen LogP contribution in [-0.2, 0) is 10.0 Å². The molecule has 30 heavy (non-hydrogen) atoms. The van der Waals surface area contributed by atoms with Gasteiger partial charge in [0.05, 0.1) is 9.90 Å². The first kappa shape index (κ1) is 21.4. The zero-order valence-corrected chi connectivity index (χ0v) is 19.2. The SMILES string of the molecule is Cc1ccc(S(=O)(=O)N2CCC(c3nc(C(=O)Nc4nccs4)cs3)CC2)cc1Cl. The third-order valence-electron chi connectivity index (χ3n) is 4.99. The predicted octanol–water partition coefficient (Wildman–Crippen LogP) is 4.38. The normalized spacial score (nSPS) is 15.9. The number of rotatable bonds is 5. The van der Waals surface area contributed by atoms with Gasteiger partial charge in [0.25, 0.3) is 5.91 Å². The fraction of sp³-hybridized carbons (Fsp3) is 0.316. The Morgan fingerprint density at radius 3 is 2.70 bits per heavy atom. The molecule has 0 bridgehead atoms. The number of thiazole rings is 2. The summed E-state index contributed by atoms with van der Waals surface area (Å²) >= 11 is 8.88. The van der Waals surface area contributed by atoms with Crippen LogP contribution in [0.15, 0.2) is 40.1 Å². The van der Waals surface area contributed by atoms with Crippen molar-refractivity contribution >= 4 is 55.3 Å². The van der Waals surface area contributed by atoms with Crippen LogP contribution in [0.4, 0.5) is 5.13 Å². The number of nitrogens with zero attached hydrogens (tertiary/aromatic N) is 3. The number of carbonyl (C=O) groups is 1. The minimum atomic E-state index is -3.58. The molecule has 0 atom stereocenters. The van der Waals surface area contributed by atoms with Crippen LogP contribution in [0.25, 0.3) is 0 Å². The minimum absolute atomic E-state index is 0.129. The van der Waals surface area contributed by atoms with Gasteiger partial charge in [-0.05, 0) is 37.5 Å². The Kier molecular flexibility index (Phi) is 6.21. The second-order valence-corrected chi connectivity index (χ2v) is 11.1. The molecule has 1 fully saturated rings. The van der Waals surface area contributed by atoms with Crippen molar-refractivity contribution in [2.24, 2.45) is 0 Å². The van der Waals surface area contributed by atoms with Gasteiger partial charge < -0.3 is 0 Å². The van der Waals surface area contributed by atoms with Crippen LogP contribution >= 0.6 is 34.3 Å². The number of amides is 1. The van der Waals surface area contributed by atoms with Gasteiger partial charge in [-0.15, -0.1) is 22.7 Å². The maximum absolute atomic E-state index is 12.9. The third kappa shape index (κ3) is 4.42. The predicted molar refractivity (Wildman–Crippen MR) is 119 cm³/mol. The summed E-state index contributed by atoms with van der Waals surface area (Å²) in [5, 5.41) is 8.07. The molecule has 7 nitrogen and oxygen atoms in total. The van der Waals surface area contributed by atoms with Gasteiger partial charge in [0.1, 0.15) is 5.69 Å². The van der Waals surface area contributed by atoms with Gasteiger partial charge in [0.2, 0.25) is 10.0 Å². The van der Waals surface area contributed by atoms with E-state index in [1.807, 2.05) is 6.92 Å². The van der Waals surface area contributed by atoms with Gasteiger partial charge >= 0.3 is 0 Å². The Hall–Kier alpha value is -1.85. The second kappa shape index (κ2) is 8.72. The average Bonchev–Trinajstić information content (AvgIpc) is 3.42. The highest BCUT2D eigenvalue weighted by atomic mass is 35.5. The average molecular weight is 483 g/mol. The van der Waals surface area contributed by atoms with Gasteiger partial charge in [0, 0.05) is 41.0 Å². The molecule has 0 spiro atoms. The van der Waals surface area contributed by atoms with E-state index in [1.165, 1.54) is 33.0 Å². The maximum atomic E-state index is 12.9. The van der Waals surface area contributed by atoms with Crippen molar-refractivity contribution in [2.45, 2.75) is 30.6 Å². The lowest BCUT2D eigenvalue weighted by atomic mass is 9.99. The van der Waals surface area contributed by atoms with Crippen molar-refractivity contribution < 1.29 is 13.2 Å². The number of carbonyl (C=O) groups excluding carboxylic acids is 1. The molecule has 11 heteroatoms. The number of benzene rings is 1. The first-order valence-corrected chi connectivity index (χ1v) is 12.8. The molecule has 158 valence electrons. The number of aryl methyl sites for hydroxylation is 1. The van der Waals surface area contributed by atoms with Crippen LogP contribution in [0.1, 0.15) is 39.8 Å². The molecule has 0 unspecified atom stereocenters. The summed E-state index contributed by atoms with van der Waals surface area (Å²) in [6.45, 7) is 2.64. The van der Waals surface area contributed by atoms with Gasteiger partial charge in [-0.1, -0.05) is 17.7 Å². The largest absolute Gasteiger partial charge is 0.296 e. The highest BCUT2D eigenvalue weighted by Crippen LogP contribution is 2.33. The molecule has 1 aromatic carbocycles. The molecular weight excluding hydrogens is 464 g/mol. The molecule has 1 amide bonds. The Bertz CT molecular complexity index is 1150. The van der Waals surface area contributed by atoms with Gasteiger partial charge in [-0.25, -0.2) is 18.4 Å². The Morgan fingerprint density at radius 2 is 2.03 bits per heavy atom. The van der Waals surface area contributed by atoms with Crippen LogP contribution in [0, 0.1) is 6.92 Å². The molecule has 0 aliphatic carbocycles. The smallest absolute Gasteiger partial charge is 0.276 e. The van der Waals surface area contributed by atoms with E-state index < -0.39 is 10.0 Å². The second-order valence-electron chi connectivity index (χ2n) is 6.95. The van der Waals surface area contributed by atoms with Crippen LogP contribution in [0.3, 0.4) is 0 Å². The van der Waals surface area contributed by atoms with Crippen molar-refractivity contribution in [3.8, 4) is 0 Å². The molecule has 3 aromatic rings. The number of hydrogen-bond acceptors (Lipinski definition) is 7. The lowest BCUT2D eigenvalue weighted by Gasteiger charge is -2.30. The van der Waals surface area contributed by atoms with E-state index in [2.05, 4.69) is 15.3 Å². The molecule has 2 aromatic heterocycles. The Morgan fingerprint density at radius 1 is 1.27 bits per heavy atom. The number of aromatic nitrogens is 2. The first-order valence-electron chi connectivity index (χ1n) is 9.27. The lowest BCUT2D eigenvalue weighted by Crippen LogP contribution is -2.37. The van der Waals surface area contributed by atoms with Crippen LogP contribution in [0.2, 0.25) is 5.02 Å². The summed E-state index contributed by atoms with van der Waals surface area (Å²) < 4.78 is 27.4. The van der Waals surface area contributed by atoms with E-state index in [0.717, 1.165) is 10.6 Å². The molecule has 3 heterocycles. The molecule has 1 aliphatic heterocycles. The van der Waals surface area contributed by atoms with E-state index in [4.69, 9.17) is 11.6 Å². The molecule has 1 saturated heterocycles. The zero-order valence-electron chi connectivity index (χ0n) is 16.0. The monoisotopic (exact) mass is 482 g/mol. The Labute approximate surface area is 187 Å². The van der Waals surface area contributed by atoms with E-state index in [-0.39, 0.29) is 16.7 Å². The molecule has 0 saturated carbocycles. The number of piperidine rings is 1. The van der Waals surface area contributed by atoms with E-state index in [0.29, 0.717) is 41.8 Å². The number of sulfonamides is 1. The summed E-state index contributed by atoms with van der Waals surface area (Å²) in [5.41, 5.74) is 1.20. The first-order chi connectivity index (χ1) is 14.3. The van der Waals surface area contributed by atoms with E-state index >= 15 is 0 Å². The number of nitrogens with one attached hydrogen (secondary N) is 1. The van der Waals surface area contributed by atoms with Crippen molar-refractivity contribution in [3.63, 3.8) is 0 Å². The fourth-order valence-electron chi connectivity index (χ4n) is 3.25. The summed E-state index contributed by atoms with van der Waals surface area (Å²) in [6, 6.07) is 4.82. The van der Waals surface area contributed by atoms with Crippen molar-refractivity contribution in [3.05, 3.63) is 56.4 Å². The van der Waals surface area contributed by atoms with Crippen LogP contribution < -0.4 is 5.32 Å². The standard InChI is InChI=1S/C19H19ClN4O3S3/c1-12-2-3-14(10-15(12)20)30(26,27)24-7-4-13(5-8-24)18-22-16(11-29-18)17(25)23-19-21-6-9-28-19/h2-3,6,9-11,13H,4-5,7-8H2,1H3,(H,21,23,25). The van der Waals surface area contributed by atoms with Crippen LogP contribution in [0.5, 0.6) is 0 Å². The molecular formula is C19H19ClN4O3S3. The lowest BCUT2D eigenvalue weighted by molar-refractivity contribution is 0.102. The van der Waals surface area contributed by atoms with Gasteiger partial charge in [0.15, 0.2) is 5.13 Å². The van der Waals surface area contributed by atoms with Crippen molar-refractivity contribution in [2.75, 3.05) is 18.4 Å². The summed E-state index contributed by atoms with van der Waals surface area (Å²) in [6.07, 6.45) is 2.93. The third-order valence-corrected chi connectivity index (χ3v) is 8.99. The topological polar surface area (TPSA) is 92.3 Å². The van der Waals surface area contributed by atoms with Crippen molar-refractivity contribution in [1.29, 1.82) is 0 Å². The fourth-order valence-corrected chi connectivity index (χ4v) is 6.49. The maximum Gasteiger partial charge on any atom is 0.276 e. The van der Waals surface area contributed by atoms with Crippen LogP contribution in [-0.4, -0.2) is 41.7 Å². The highest BCUT2D eigenvalue weighted by molar-refractivity contribution is 7.89. The summed E-state index contributed by atoms with van der Waals surface area (Å²) in [4.78, 5) is 21.0. The van der Waals surface area contributed by atoms with E-state index in [9.17, 15) is 13.2 Å². The Balaban J connectivity index is 1.40. The van der Waals surface area contributed by atoms with Crippen molar-refractivity contribution in [1.82, 2.24) is 14.3 Å². The molecule has 1 aliphatic rings.